The second-order valence-corrected chi connectivity index (χ2v) is 13.7. The molecule has 6 nitrogen and oxygen atoms in total. The summed E-state index contributed by atoms with van der Waals surface area (Å²) in [6, 6.07) is 17.5. The molecule has 1 aliphatic carbocycles. The van der Waals surface area contributed by atoms with Gasteiger partial charge in [0.05, 0.1) is 26.1 Å². The standard InChI is InChI=1S/C41H56N2O4/c1-9-42(23-20-30(4)44-8)28-32-26-29(3)39(27-40(32)45-10-2)47-38-19-18-35-34(15-11-16-36(35)38)33-14-12-17-37(31(33)5)46-25-13-22-43-24-21-41(43,6)7/h11-12,14-17,26-27,38H,4,9-10,13,18-25,28H2,1-3,5-8H3/t38-/m0/s1. The Morgan fingerprint density at radius 3 is 2.49 bits per heavy atom. The molecule has 3 aromatic carbocycles. The third kappa shape index (κ3) is 8.16. The van der Waals surface area contributed by atoms with Crippen molar-refractivity contribution < 1.29 is 18.9 Å². The number of methoxy groups -OCH3 is 1. The maximum atomic E-state index is 6.81. The molecule has 0 unspecified atom stereocenters. The highest BCUT2D eigenvalue weighted by atomic mass is 16.5. The summed E-state index contributed by atoms with van der Waals surface area (Å²) in [7, 11) is 1.68. The maximum absolute atomic E-state index is 6.81. The van der Waals surface area contributed by atoms with Crippen molar-refractivity contribution in [2.75, 3.05) is 46.5 Å². The Bertz CT molecular complexity index is 1530. The predicted molar refractivity (Wildman–Crippen MR) is 193 cm³/mol. The molecule has 6 heteroatoms. The summed E-state index contributed by atoms with van der Waals surface area (Å²) in [5.41, 5.74) is 9.05. The molecule has 0 aromatic heterocycles. The Kier molecular flexibility index (Phi) is 11.6. The number of hydrogen-bond donors (Lipinski definition) is 0. The molecule has 1 saturated heterocycles. The molecule has 47 heavy (non-hydrogen) atoms. The van der Waals surface area contributed by atoms with Crippen LogP contribution in [0.15, 0.2) is 60.9 Å². The topological polar surface area (TPSA) is 43.4 Å². The first-order chi connectivity index (χ1) is 22.6. The summed E-state index contributed by atoms with van der Waals surface area (Å²) in [5.74, 6) is 3.58. The molecule has 0 spiro atoms. The third-order valence-corrected chi connectivity index (χ3v) is 10.2. The highest BCUT2D eigenvalue weighted by Crippen LogP contribution is 2.43. The monoisotopic (exact) mass is 640 g/mol. The van der Waals surface area contributed by atoms with Gasteiger partial charge in [0.25, 0.3) is 0 Å². The molecule has 254 valence electrons. The molecule has 0 saturated carbocycles. The lowest BCUT2D eigenvalue weighted by molar-refractivity contribution is 0.0123. The van der Waals surface area contributed by atoms with Crippen LogP contribution in [0, 0.1) is 13.8 Å². The van der Waals surface area contributed by atoms with Gasteiger partial charge in [-0.1, -0.05) is 43.8 Å². The maximum Gasteiger partial charge on any atom is 0.127 e. The number of rotatable bonds is 17. The molecule has 3 aromatic rings. The molecule has 1 heterocycles. The molecule has 1 fully saturated rings. The fourth-order valence-electron chi connectivity index (χ4n) is 7.02. The second-order valence-electron chi connectivity index (χ2n) is 13.7. The SMILES string of the molecule is C=C(CCN(CC)Cc1cc(C)c(O[C@H]2CCc3c(-c4cccc(OCCCN5CCC5(C)C)c4C)cccc32)cc1OCC)OC. The summed E-state index contributed by atoms with van der Waals surface area (Å²) in [4.78, 5) is 4.95. The summed E-state index contributed by atoms with van der Waals surface area (Å²) in [6.45, 7) is 23.5. The fraction of sp³-hybridized carbons (Fsp3) is 0.512. The fourth-order valence-corrected chi connectivity index (χ4v) is 7.02. The molecule has 0 bridgehead atoms. The lowest BCUT2D eigenvalue weighted by atomic mass is 9.89. The Balaban J connectivity index is 1.30. The zero-order chi connectivity index (χ0) is 33.6. The normalized spacial score (nSPS) is 16.9. The van der Waals surface area contributed by atoms with Crippen molar-refractivity contribution in [1.29, 1.82) is 0 Å². The molecule has 5 rings (SSSR count). The first kappa shape index (κ1) is 34.8. The third-order valence-electron chi connectivity index (χ3n) is 10.2. The van der Waals surface area contributed by atoms with Gasteiger partial charge in [-0.25, -0.2) is 0 Å². The van der Waals surface area contributed by atoms with Crippen LogP contribution in [0.5, 0.6) is 17.2 Å². The number of fused-ring (bicyclic) bond motifs is 1. The van der Waals surface area contributed by atoms with Crippen LogP contribution in [0.2, 0.25) is 0 Å². The lowest BCUT2D eigenvalue weighted by Crippen LogP contribution is -2.55. The highest BCUT2D eigenvalue weighted by molar-refractivity contribution is 5.74. The van der Waals surface area contributed by atoms with E-state index in [1.807, 2.05) is 6.92 Å². The Morgan fingerprint density at radius 2 is 1.79 bits per heavy atom. The minimum Gasteiger partial charge on any atom is -0.502 e. The molecule has 0 radical (unpaired) electrons. The number of likely N-dealkylation sites (tertiary alicyclic amines) is 1. The average molecular weight is 641 g/mol. The van der Waals surface area contributed by atoms with Crippen molar-refractivity contribution in [3.63, 3.8) is 0 Å². The summed E-state index contributed by atoms with van der Waals surface area (Å²) in [5, 5.41) is 0. The van der Waals surface area contributed by atoms with E-state index in [-0.39, 0.29) is 6.10 Å². The number of hydrogen-bond acceptors (Lipinski definition) is 6. The minimum atomic E-state index is 0.00154. The van der Waals surface area contributed by atoms with Gasteiger partial charge in [-0.2, -0.15) is 0 Å². The van der Waals surface area contributed by atoms with E-state index in [0.29, 0.717) is 12.1 Å². The Morgan fingerprint density at radius 1 is 1.00 bits per heavy atom. The van der Waals surface area contributed by atoms with E-state index in [9.17, 15) is 0 Å². The molecule has 0 amide bonds. The smallest absolute Gasteiger partial charge is 0.127 e. The summed E-state index contributed by atoms with van der Waals surface area (Å²) < 4.78 is 24.6. The van der Waals surface area contributed by atoms with E-state index < -0.39 is 0 Å². The first-order valence-corrected chi connectivity index (χ1v) is 17.6. The van der Waals surface area contributed by atoms with Gasteiger partial charge in [0.15, 0.2) is 0 Å². The number of benzene rings is 3. The van der Waals surface area contributed by atoms with Crippen LogP contribution in [0.25, 0.3) is 11.1 Å². The Labute approximate surface area is 283 Å². The van der Waals surface area contributed by atoms with Gasteiger partial charge in [0.2, 0.25) is 0 Å². The van der Waals surface area contributed by atoms with Gasteiger partial charge in [0.1, 0.15) is 23.4 Å². The molecular weight excluding hydrogens is 584 g/mol. The zero-order valence-corrected chi connectivity index (χ0v) is 29.9. The van der Waals surface area contributed by atoms with E-state index >= 15 is 0 Å². The molecule has 2 aliphatic rings. The van der Waals surface area contributed by atoms with Crippen molar-refractivity contribution in [3.8, 4) is 28.4 Å². The quantitative estimate of drug-likeness (QED) is 0.108. The van der Waals surface area contributed by atoms with Crippen molar-refractivity contribution in [1.82, 2.24) is 9.80 Å². The van der Waals surface area contributed by atoms with Gasteiger partial charge < -0.3 is 18.9 Å². The van der Waals surface area contributed by atoms with Crippen molar-refractivity contribution in [2.24, 2.45) is 0 Å². The summed E-state index contributed by atoms with van der Waals surface area (Å²) >= 11 is 0. The van der Waals surface area contributed by atoms with Gasteiger partial charge in [0, 0.05) is 49.8 Å². The van der Waals surface area contributed by atoms with Crippen LogP contribution in [0.1, 0.15) is 87.3 Å². The van der Waals surface area contributed by atoms with Gasteiger partial charge in [-0.15, -0.1) is 0 Å². The highest BCUT2D eigenvalue weighted by Gasteiger charge is 2.34. The number of ether oxygens (including phenoxy) is 4. The molecule has 1 atom stereocenters. The van der Waals surface area contributed by atoms with E-state index in [1.54, 1.807) is 7.11 Å². The van der Waals surface area contributed by atoms with Crippen LogP contribution in [-0.2, 0) is 17.7 Å². The van der Waals surface area contributed by atoms with Gasteiger partial charge in [-0.3, -0.25) is 9.80 Å². The predicted octanol–water partition coefficient (Wildman–Crippen LogP) is 9.06. The molecular formula is C41H56N2O4. The number of nitrogens with zero attached hydrogens (tertiary/aromatic N) is 2. The molecule has 0 N–H and O–H groups in total. The largest absolute Gasteiger partial charge is 0.502 e. The zero-order valence-electron chi connectivity index (χ0n) is 29.9. The van der Waals surface area contributed by atoms with Crippen LogP contribution in [0.4, 0.5) is 0 Å². The van der Waals surface area contributed by atoms with Crippen molar-refractivity contribution >= 4 is 0 Å². The van der Waals surface area contributed by atoms with E-state index in [0.717, 1.165) is 87.0 Å². The van der Waals surface area contributed by atoms with Crippen LogP contribution >= 0.6 is 0 Å². The Hall–Kier alpha value is -3.48. The second kappa shape index (κ2) is 15.6. The van der Waals surface area contributed by atoms with Gasteiger partial charge in [-0.05, 0) is 112 Å². The minimum absolute atomic E-state index is 0.00154. The van der Waals surface area contributed by atoms with E-state index in [1.165, 1.54) is 46.3 Å². The van der Waals surface area contributed by atoms with Crippen LogP contribution < -0.4 is 14.2 Å². The van der Waals surface area contributed by atoms with Crippen LogP contribution in [0.3, 0.4) is 0 Å². The van der Waals surface area contributed by atoms with E-state index in [2.05, 4.69) is 99.5 Å². The van der Waals surface area contributed by atoms with Crippen LogP contribution in [-0.4, -0.2) is 61.8 Å². The lowest BCUT2D eigenvalue weighted by Gasteiger charge is -2.48. The van der Waals surface area contributed by atoms with E-state index in [4.69, 9.17) is 18.9 Å². The van der Waals surface area contributed by atoms with Gasteiger partial charge >= 0.3 is 0 Å². The molecule has 1 aliphatic heterocycles. The average Bonchev–Trinajstić information content (AvgIpc) is 3.47. The van der Waals surface area contributed by atoms with Crippen molar-refractivity contribution in [2.45, 2.75) is 91.8 Å². The summed E-state index contributed by atoms with van der Waals surface area (Å²) in [6.07, 6.45) is 5.08. The first-order valence-electron chi connectivity index (χ1n) is 17.6. The van der Waals surface area contributed by atoms with Crippen molar-refractivity contribution in [3.05, 3.63) is 88.7 Å². The number of aryl methyl sites for hydroxylation is 1.